The van der Waals surface area contributed by atoms with Gasteiger partial charge in [0.05, 0.1) is 78.5 Å². The van der Waals surface area contributed by atoms with Crippen LogP contribution in [0.4, 0.5) is 0 Å². The maximum atomic E-state index is 10.1. The van der Waals surface area contributed by atoms with E-state index < -0.39 is 150 Å². The molecule has 0 rings (SSSR count). The van der Waals surface area contributed by atoms with Crippen LogP contribution in [0.15, 0.2) is 0 Å². The molecule has 304 valence electrons. The first kappa shape index (κ1) is 71.2. The van der Waals surface area contributed by atoms with Crippen molar-refractivity contribution >= 4 is 71.6 Å². The smallest absolute Gasteiger partial charge is 1.00 e. The Morgan fingerprint density at radius 1 is 0.214 bits per heavy atom. The number of carboxylic acids is 12. The van der Waals surface area contributed by atoms with Crippen LogP contribution in [0.25, 0.3) is 0 Å². The van der Waals surface area contributed by atoms with Crippen LogP contribution >= 0.6 is 0 Å². The zero-order valence-electron chi connectivity index (χ0n) is 34.5. The number of rotatable bonds is 24. The number of aliphatic carboxylic acids is 12. The summed E-state index contributed by atoms with van der Waals surface area (Å²) < 4.78 is 0. The molecule has 0 aromatic rings. The second kappa shape index (κ2) is 42.1. The molecule has 56 heavy (non-hydrogen) atoms. The molecule has 0 saturated carbocycles. The predicted molar refractivity (Wildman–Crippen MR) is 162 cm³/mol. The Labute approximate surface area is 408 Å². The van der Waals surface area contributed by atoms with Crippen molar-refractivity contribution in [2.75, 3.05) is 78.5 Å². The molecule has 0 amide bonds. The average molecular weight is 861 g/mol. The Bertz CT molecular complexity index is 982. The van der Waals surface area contributed by atoms with Crippen LogP contribution in [0, 0.1) is 0 Å². The minimum absolute atomic E-state index is 0. The molecule has 0 saturated heterocycles. The summed E-state index contributed by atoms with van der Waals surface area (Å²) in [6, 6.07) is 0. The van der Waals surface area contributed by atoms with Crippen LogP contribution in [-0.4, -0.2) is 231 Å². The first-order valence-electron chi connectivity index (χ1n) is 13.2. The molecule has 0 atom stereocenters. The maximum Gasteiger partial charge on any atom is 1.00 e. The third-order valence-electron chi connectivity index (χ3n) is 4.31. The molecule has 0 aromatic heterocycles. The van der Waals surface area contributed by atoms with Crippen molar-refractivity contribution in [3.05, 3.63) is 0 Å². The van der Waals surface area contributed by atoms with Gasteiger partial charge in [-0.15, -0.1) is 0 Å². The SMILES string of the molecule is O=C(O)CN(CC(=O)O)CC(=O)O.O=C(O)CN(CC(=O)O)CC(=O)O.O=C(O)CN(CC(=O)O)CC(=O)O.O=C(O)CN(CC(=O)O)CC(=O)O.[H-].[H-].[H-].[H-].[Na+].[Na+].[Na+].[Na+]. The van der Waals surface area contributed by atoms with Gasteiger partial charge >= 0.3 is 190 Å². The molecular weight excluding hydrogens is 820 g/mol. The molecule has 0 bridgehead atoms. The van der Waals surface area contributed by atoms with E-state index in [0.29, 0.717) is 0 Å². The zero-order valence-corrected chi connectivity index (χ0v) is 38.5. The second-order valence-electron chi connectivity index (χ2n) is 9.31. The summed E-state index contributed by atoms with van der Waals surface area (Å²) >= 11 is 0. The Morgan fingerprint density at radius 2 is 0.268 bits per heavy atom. The topological polar surface area (TPSA) is 461 Å². The van der Waals surface area contributed by atoms with E-state index in [9.17, 15) is 57.5 Å². The van der Waals surface area contributed by atoms with E-state index in [1.807, 2.05) is 0 Å². The largest absolute Gasteiger partial charge is 1.00 e. The van der Waals surface area contributed by atoms with Crippen LogP contribution < -0.4 is 118 Å². The molecule has 12 N–H and O–H groups in total. The van der Waals surface area contributed by atoms with Crippen molar-refractivity contribution in [2.24, 2.45) is 0 Å². The van der Waals surface area contributed by atoms with Gasteiger partial charge in [0.25, 0.3) is 0 Å². The van der Waals surface area contributed by atoms with Crippen LogP contribution in [-0.2, 0) is 57.5 Å². The molecule has 0 spiro atoms. The van der Waals surface area contributed by atoms with Crippen LogP contribution in [0.2, 0.25) is 0 Å². The summed E-state index contributed by atoms with van der Waals surface area (Å²) in [5, 5.41) is 99.4. The molecule has 0 aliphatic heterocycles. The first-order valence-corrected chi connectivity index (χ1v) is 13.2. The van der Waals surface area contributed by atoms with Gasteiger partial charge in [0.2, 0.25) is 0 Å². The summed E-state index contributed by atoms with van der Waals surface area (Å²) in [5.74, 6) is -15.1. The molecule has 0 unspecified atom stereocenters. The van der Waals surface area contributed by atoms with Gasteiger partial charge in [0.15, 0.2) is 0 Å². The van der Waals surface area contributed by atoms with Crippen molar-refractivity contribution in [3.63, 3.8) is 0 Å². The van der Waals surface area contributed by atoms with Gasteiger partial charge < -0.3 is 67.0 Å². The number of nitrogens with zero attached hydrogens (tertiary/aromatic N) is 4. The first-order chi connectivity index (χ1) is 23.7. The van der Waals surface area contributed by atoms with E-state index in [1.54, 1.807) is 0 Å². The molecule has 32 heteroatoms. The van der Waals surface area contributed by atoms with Crippen molar-refractivity contribution < 1.29 is 243 Å². The fourth-order valence-electron chi connectivity index (χ4n) is 2.97. The molecule has 0 heterocycles. The fourth-order valence-corrected chi connectivity index (χ4v) is 2.97. The summed E-state index contributed by atoms with van der Waals surface area (Å²) in [6.45, 7) is -7.18. The van der Waals surface area contributed by atoms with Crippen LogP contribution in [0.5, 0.6) is 0 Å². The molecular formula is C24H40N4Na4O24. The molecule has 0 aliphatic rings. The third kappa shape index (κ3) is 63.4. The number of hydrogen-bond donors (Lipinski definition) is 12. The third-order valence-corrected chi connectivity index (χ3v) is 4.31. The van der Waals surface area contributed by atoms with E-state index in [0.717, 1.165) is 19.6 Å². The normalized spacial score (nSPS) is 9.21. The quantitative estimate of drug-likeness (QED) is 0.0401. The van der Waals surface area contributed by atoms with E-state index in [4.69, 9.17) is 61.3 Å². The Morgan fingerprint density at radius 3 is 0.304 bits per heavy atom. The van der Waals surface area contributed by atoms with Gasteiger partial charge in [0.1, 0.15) is 0 Å². The maximum absolute atomic E-state index is 10.1. The average Bonchev–Trinajstić information content (AvgIpc) is 2.85. The number of hydrogen-bond acceptors (Lipinski definition) is 16. The molecule has 0 aliphatic carbocycles. The van der Waals surface area contributed by atoms with E-state index >= 15 is 0 Å². The van der Waals surface area contributed by atoms with Crippen molar-refractivity contribution in [1.82, 2.24) is 19.6 Å². The predicted octanol–water partition coefficient (Wildman–Crippen LogP) is -17.4. The Balaban J connectivity index is -0.0000000490. The van der Waals surface area contributed by atoms with Gasteiger partial charge in [-0.2, -0.15) is 0 Å². The minimum Gasteiger partial charge on any atom is -1.00 e. The monoisotopic (exact) mass is 860 g/mol. The van der Waals surface area contributed by atoms with Gasteiger partial charge in [-0.1, -0.05) is 0 Å². The standard InChI is InChI=1S/4C6H9NO6.4Na.4H/c4*8-4(9)1-7(2-5(10)11)3-6(12)13;;;;;;;;/h4*1-3H2,(H,8,9)(H,10,11)(H,12,13);;;;;;;;/q;;;;4*+1;4*-1. The molecule has 28 nitrogen and oxygen atoms in total. The van der Waals surface area contributed by atoms with Gasteiger partial charge in [0, 0.05) is 0 Å². The van der Waals surface area contributed by atoms with Crippen LogP contribution in [0.3, 0.4) is 0 Å². The van der Waals surface area contributed by atoms with Gasteiger partial charge in [-0.05, 0) is 0 Å². The van der Waals surface area contributed by atoms with Gasteiger partial charge in [-0.3, -0.25) is 77.1 Å². The van der Waals surface area contributed by atoms with Crippen molar-refractivity contribution in [2.45, 2.75) is 0 Å². The van der Waals surface area contributed by atoms with Crippen LogP contribution in [0.1, 0.15) is 5.71 Å². The second-order valence-corrected chi connectivity index (χ2v) is 9.31. The molecule has 0 radical (unpaired) electrons. The van der Waals surface area contributed by atoms with Crippen molar-refractivity contribution in [1.29, 1.82) is 0 Å². The molecule has 0 aromatic carbocycles. The van der Waals surface area contributed by atoms with E-state index in [-0.39, 0.29) is 124 Å². The molecule has 0 fully saturated rings. The Kier molecular flexibility index (Phi) is 53.5. The van der Waals surface area contributed by atoms with Crippen molar-refractivity contribution in [3.8, 4) is 0 Å². The summed E-state index contributed by atoms with van der Waals surface area (Å²) in [6.07, 6.45) is 0. The minimum atomic E-state index is -1.26. The number of carbonyl (C=O) groups is 12. The number of carboxylic acid groups (broad SMARTS) is 12. The van der Waals surface area contributed by atoms with Gasteiger partial charge in [-0.25, -0.2) is 0 Å². The van der Waals surface area contributed by atoms with E-state index in [2.05, 4.69) is 0 Å². The summed E-state index contributed by atoms with van der Waals surface area (Å²) in [5.41, 5.74) is 0. The van der Waals surface area contributed by atoms with E-state index in [1.165, 1.54) is 0 Å². The Hall–Kier alpha value is -2.52. The summed E-state index contributed by atoms with van der Waals surface area (Å²) in [7, 11) is 0. The summed E-state index contributed by atoms with van der Waals surface area (Å²) in [4.78, 5) is 125. The fraction of sp³-hybridized carbons (Fsp3) is 0.500. The zero-order chi connectivity index (χ0) is 41.7.